The van der Waals surface area contributed by atoms with Crippen molar-refractivity contribution in [2.45, 2.75) is 13.5 Å². The molecule has 162 valence electrons. The number of halogens is 1. The fourth-order valence-corrected chi connectivity index (χ4v) is 3.43. The van der Waals surface area contributed by atoms with Crippen LogP contribution in [-0.2, 0) is 11.3 Å². The van der Waals surface area contributed by atoms with Gasteiger partial charge >= 0.3 is 0 Å². The summed E-state index contributed by atoms with van der Waals surface area (Å²) >= 11 is 3.52. The van der Waals surface area contributed by atoms with Gasteiger partial charge in [0.1, 0.15) is 17.2 Å². The van der Waals surface area contributed by atoms with Gasteiger partial charge in [-0.25, -0.2) is 0 Å². The Morgan fingerprint density at radius 1 is 0.968 bits per heavy atom. The molecule has 0 spiro atoms. The lowest BCUT2D eigenvalue weighted by Crippen LogP contribution is -2.20. The molecule has 0 unspecified atom stereocenters. The van der Waals surface area contributed by atoms with E-state index in [0.29, 0.717) is 30.3 Å². The quantitative estimate of drug-likeness (QED) is 0.398. The van der Waals surface area contributed by atoms with Gasteiger partial charge in [-0.05, 0) is 76.9 Å². The van der Waals surface area contributed by atoms with Crippen molar-refractivity contribution in [2.24, 2.45) is 0 Å². The van der Waals surface area contributed by atoms with Crippen molar-refractivity contribution in [1.82, 2.24) is 0 Å². The molecule has 0 radical (unpaired) electrons. The summed E-state index contributed by atoms with van der Waals surface area (Å²) in [5.41, 5.74) is 2.69. The third kappa shape index (κ3) is 6.65. The summed E-state index contributed by atoms with van der Waals surface area (Å²) in [5.74, 6) is 1.78. The van der Waals surface area contributed by atoms with Gasteiger partial charge in [0.25, 0.3) is 5.91 Å². The standard InChI is InChI=1S/C24H25BrN2O4/c1-3-30-19-11-9-18(10-12-19)26-15-17-8-13-22(20(25)14-17)31-16-24(28)27-21-6-4-5-7-23(21)29-2/h4-14,26H,3,15-16H2,1-2H3,(H,27,28). The van der Waals surface area contributed by atoms with E-state index >= 15 is 0 Å². The molecule has 7 heteroatoms. The number of amides is 1. The molecule has 0 bridgehead atoms. The first-order valence-corrected chi connectivity index (χ1v) is 10.7. The topological polar surface area (TPSA) is 68.8 Å². The SMILES string of the molecule is CCOc1ccc(NCc2ccc(OCC(=O)Nc3ccccc3OC)c(Br)c2)cc1. The Morgan fingerprint density at radius 3 is 2.45 bits per heavy atom. The number of carbonyl (C=O) groups is 1. The summed E-state index contributed by atoms with van der Waals surface area (Å²) in [4.78, 5) is 12.2. The second-order valence-corrected chi connectivity index (χ2v) is 7.47. The molecule has 0 aliphatic rings. The van der Waals surface area contributed by atoms with Gasteiger partial charge < -0.3 is 24.8 Å². The molecule has 6 nitrogen and oxygen atoms in total. The summed E-state index contributed by atoms with van der Waals surface area (Å²) in [6.45, 7) is 3.16. The monoisotopic (exact) mass is 484 g/mol. The normalized spacial score (nSPS) is 10.3. The van der Waals surface area contributed by atoms with E-state index < -0.39 is 0 Å². The maximum absolute atomic E-state index is 12.2. The van der Waals surface area contributed by atoms with Crippen LogP contribution >= 0.6 is 15.9 Å². The molecule has 0 heterocycles. The zero-order valence-electron chi connectivity index (χ0n) is 17.5. The van der Waals surface area contributed by atoms with E-state index in [1.54, 1.807) is 19.2 Å². The van der Waals surface area contributed by atoms with Crippen molar-refractivity contribution in [3.63, 3.8) is 0 Å². The van der Waals surface area contributed by atoms with Crippen LogP contribution in [0.15, 0.2) is 71.2 Å². The van der Waals surface area contributed by atoms with E-state index in [1.807, 2.05) is 61.5 Å². The molecule has 0 aromatic heterocycles. The van der Waals surface area contributed by atoms with Gasteiger partial charge in [0.05, 0.1) is 23.9 Å². The van der Waals surface area contributed by atoms with Gasteiger partial charge in [0.15, 0.2) is 6.61 Å². The summed E-state index contributed by atoms with van der Waals surface area (Å²) < 4.78 is 17.1. The number of carbonyl (C=O) groups excluding carboxylic acids is 1. The number of benzene rings is 3. The number of hydrogen-bond donors (Lipinski definition) is 2. The molecule has 3 rings (SSSR count). The predicted molar refractivity (Wildman–Crippen MR) is 126 cm³/mol. The van der Waals surface area contributed by atoms with Crippen molar-refractivity contribution >= 4 is 33.2 Å². The third-order valence-electron chi connectivity index (χ3n) is 4.40. The van der Waals surface area contributed by atoms with Crippen molar-refractivity contribution in [1.29, 1.82) is 0 Å². The molecular formula is C24H25BrN2O4. The number of ether oxygens (including phenoxy) is 3. The number of hydrogen-bond acceptors (Lipinski definition) is 5. The summed E-state index contributed by atoms with van der Waals surface area (Å²) in [6.07, 6.45) is 0. The number of rotatable bonds is 10. The molecule has 1 amide bonds. The van der Waals surface area contributed by atoms with Gasteiger partial charge in [-0.1, -0.05) is 18.2 Å². The molecule has 0 saturated carbocycles. The highest BCUT2D eigenvalue weighted by Crippen LogP contribution is 2.27. The second-order valence-electron chi connectivity index (χ2n) is 6.61. The van der Waals surface area contributed by atoms with Crippen LogP contribution < -0.4 is 24.8 Å². The minimum absolute atomic E-state index is 0.111. The average Bonchev–Trinajstić information content (AvgIpc) is 2.78. The second kappa shape index (κ2) is 11.3. The smallest absolute Gasteiger partial charge is 0.262 e. The Hall–Kier alpha value is -3.19. The van der Waals surface area contributed by atoms with Crippen LogP contribution in [0.3, 0.4) is 0 Å². The van der Waals surface area contributed by atoms with Crippen molar-refractivity contribution < 1.29 is 19.0 Å². The summed E-state index contributed by atoms with van der Waals surface area (Å²) in [6, 6.07) is 20.8. The fraction of sp³-hybridized carbons (Fsp3) is 0.208. The van der Waals surface area contributed by atoms with Gasteiger partial charge in [-0.15, -0.1) is 0 Å². The Labute approximate surface area is 190 Å². The highest BCUT2D eigenvalue weighted by Gasteiger charge is 2.09. The number of methoxy groups -OCH3 is 1. The van der Waals surface area contributed by atoms with Gasteiger partial charge in [0, 0.05) is 12.2 Å². The van der Waals surface area contributed by atoms with Gasteiger partial charge in [-0.2, -0.15) is 0 Å². The van der Waals surface area contributed by atoms with Crippen LogP contribution in [0.25, 0.3) is 0 Å². The molecule has 0 aliphatic heterocycles. The Bertz CT molecular complexity index is 1010. The molecule has 0 aliphatic carbocycles. The van der Waals surface area contributed by atoms with Crippen LogP contribution in [0, 0.1) is 0 Å². The first kappa shape index (κ1) is 22.5. The number of nitrogens with one attached hydrogen (secondary N) is 2. The van der Waals surface area contributed by atoms with E-state index in [2.05, 4.69) is 26.6 Å². The zero-order chi connectivity index (χ0) is 22.1. The van der Waals surface area contributed by atoms with Gasteiger partial charge in [-0.3, -0.25) is 4.79 Å². The number of para-hydroxylation sites is 2. The van der Waals surface area contributed by atoms with E-state index in [9.17, 15) is 4.79 Å². The zero-order valence-corrected chi connectivity index (χ0v) is 19.1. The highest BCUT2D eigenvalue weighted by molar-refractivity contribution is 9.10. The lowest BCUT2D eigenvalue weighted by atomic mass is 10.2. The Kier molecular flexibility index (Phi) is 8.18. The minimum Gasteiger partial charge on any atom is -0.495 e. The lowest BCUT2D eigenvalue weighted by Gasteiger charge is -2.12. The number of anilines is 2. The highest BCUT2D eigenvalue weighted by atomic mass is 79.9. The molecule has 2 N–H and O–H groups in total. The average molecular weight is 485 g/mol. The van der Waals surface area contributed by atoms with Crippen molar-refractivity contribution in [3.8, 4) is 17.2 Å². The van der Waals surface area contributed by atoms with Crippen LogP contribution in [0.2, 0.25) is 0 Å². The van der Waals surface area contributed by atoms with E-state index in [-0.39, 0.29) is 12.5 Å². The first-order valence-electron chi connectivity index (χ1n) is 9.90. The predicted octanol–water partition coefficient (Wildman–Crippen LogP) is 5.49. The van der Waals surface area contributed by atoms with E-state index in [1.165, 1.54) is 0 Å². The fourth-order valence-electron chi connectivity index (χ4n) is 2.89. The minimum atomic E-state index is -0.266. The molecule has 0 saturated heterocycles. The molecule has 0 atom stereocenters. The molecular weight excluding hydrogens is 460 g/mol. The summed E-state index contributed by atoms with van der Waals surface area (Å²) in [7, 11) is 1.56. The van der Waals surface area contributed by atoms with E-state index in [0.717, 1.165) is 21.5 Å². The maximum Gasteiger partial charge on any atom is 0.262 e. The lowest BCUT2D eigenvalue weighted by molar-refractivity contribution is -0.118. The van der Waals surface area contributed by atoms with E-state index in [4.69, 9.17) is 14.2 Å². The van der Waals surface area contributed by atoms with Crippen LogP contribution in [0.4, 0.5) is 11.4 Å². The van der Waals surface area contributed by atoms with Crippen molar-refractivity contribution in [3.05, 3.63) is 76.8 Å². The Balaban J connectivity index is 1.51. The molecule has 3 aromatic carbocycles. The van der Waals surface area contributed by atoms with Crippen LogP contribution in [-0.4, -0.2) is 26.2 Å². The van der Waals surface area contributed by atoms with Crippen molar-refractivity contribution in [2.75, 3.05) is 31.0 Å². The summed E-state index contributed by atoms with van der Waals surface area (Å²) in [5, 5.41) is 6.16. The van der Waals surface area contributed by atoms with Crippen LogP contribution in [0.5, 0.6) is 17.2 Å². The van der Waals surface area contributed by atoms with Gasteiger partial charge in [0.2, 0.25) is 0 Å². The molecule has 0 fully saturated rings. The first-order chi connectivity index (χ1) is 15.1. The third-order valence-corrected chi connectivity index (χ3v) is 5.02. The molecule has 31 heavy (non-hydrogen) atoms. The maximum atomic E-state index is 12.2. The Morgan fingerprint density at radius 2 is 1.74 bits per heavy atom. The van der Waals surface area contributed by atoms with Crippen LogP contribution in [0.1, 0.15) is 12.5 Å². The largest absolute Gasteiger partial charge is 0.495 e. The molecule has 3 aromatic rings.